The van der Waals surface area contributed by atoms with Crippen molar-refractivity contribution in [1.29, 1.82) is 0 Å². The van der Waals surface area contributed by atoms with E-state index in [9.17, 15) is 9.59 Å². The van der Waals surface area contributed by atoms with Gasteiger partial charge < -0.3 is 15.4 Å². The van der Waals surface area contributed by atoms with Crippen molar-refractivity contribution < 1.29 is 9.90 Å². The molecule has 0 amide bonds. The van der Waals surface area contributed by atoms with E-state index < -0.39 is 5.97 Å². The van der Waals surface area contributed by atoms with Gasteiger partial charge >= 0.3 is 5.97 Å². The lowest BCUT2D eigenvalue weighted by Crippen LogP contribution is -2.18. The fourth-order valence-electron chi connectivity index (χ4n) is 1.42. The topological polar surface area (TPSA) is 95.1 Å². The number of H-pyrrole nitrogens is 1. The largest absolute Gasteiger partial charge is 0.481 e. The Morgan fingerprint density at radius 3 is 2.94 bits per heavy atom. The second-order valence-electron chi connectivity index (χ2n) is 4.01. The zero-order valence-corrected chi connectivity index (χ0v) is 9.99. The maximum absolute atomic E-state index is 11.3. The van der Waals surface area contributed by atoms with E-state index in [4.69, 9.17) is 5.11 Å². The van der Waals surface area contributed by atoms with Crippen molar-refractivity contribution in [3.63, 3.8) is 0 Å². The number of hydrogen-bond acceptors (Lipinski definition) is 4. The fourth-order valence-corrected chi connectivity index (χ4v) is 1.42. The van der Waals surface area contributed by atoms with Crippen molar-refractivity contribution in [2.45, 2.75) is 26.7 Å². The molecule has 94 valence electrons. The van der Waals surface area contributed by atoms with Crippen LogP contribution in [0, 0.1) is 5.92 Å². The Bertz CT molecular complexity index is 442. The predicted molar refractivity (Wildman–Crippen MR) is 64.1 cm³/mol. The molecule has 0 aromatic carbocycles. The van der Waals surface area contributed by atoms with E-state index in [1.807, 2.05) is 13.8 Å². The number of anilines is 1. The second kappa shape index (κ2) is 6.03. The van der Waals surface area contributed by atoms with Crippen molar-refractivity contribution in [2.75, 3.05) is 11.9 Å². The van der Waals surface area contributed by atoms with Gasteiger partial charge in [-0.3, -0.25) is 9.59 Å². The summed E-state index contributed by atoms with van der Waals surface area (Å²) >= 11 is 0. The summed E-state index contributed by atoms with van der Waals surface area (Å²) in [6, 6.07) is 1.37. The normalized spacial score (nSPS) is 12.1. The van der Waals surface area contributed by atoms with Gasteiger partial charge in [-0.25, -0.2) is 4.98 Å². The van der Waals surface area contributed by atoms with Crippen molar-refractivity contribution >= 4 is 11.8 Å². The van der Waals surface area contributed by atoms with Gasteiger partial charge in [0.2, 0.25) is 0 Å². The summed E-state index contributed by atoms with van der Waals surface area (Å²) in [7, 11) is 0. The zero-order chi connectivity index (χ0) is 12.8. The molecule has 0 aliphatic heterocycles. The van der Waals surface area contributed by atoms with E-state index in [0.29, 0.717) is 24.6 Å². The van der Waals surface area contributed by atoms with Crippen LogP contribution in [0.2, 0.25) is 0 Å². The van der Waals surface area contributed by atoms with Crippen molar-refractivity contribution in [3.8, 4) is 0 Å². The molecule has 0 aliphatic rings. The van der Waals surface area contributed by atoms with E-state index in [1.165, 1.54) is 6.07 Å². The van der Waals surface area contributed by atoms with Crippen LogP contribution in [0.15, 0.2) is 10.9 Å². The second-order valence-corrected chi connectivity index (χ2v) is 4.01. The third-order valence-corrected chi connectivity index (χ3v) is 2.28. The molecule has 6 heteroatoms. The minimum Gasteiger partial charge on any atom is -0.481 e. The summed E-state index contributed by atoms with van der Waals surface area (Å²) in [5.41, 5.74) is -0.203. The first-order valence-corrected chi connectivity index (χ1v) is 5.57. The molecule has 1 aromatic heterocycles. The SMILES string of the molecule is CCc1nc(NCC(C)CC(=O)O)cc(=O)[nH]1. The van der Waals surface area contributed by atoms with Gasteiger partial charge in [-0.05, 0) is 5.92 Å². The summed E-state index contributed by atoms with van der Waals surface area (Å²) in [5, 5.41) is 11.6. The highest BCUT2D eigenvalue weighted by Gasteiger charge is 2.08. The maximum atomic E-state index is 11.3. The Balaban J connectivity index is 2.59. The van der Waals surface area contributed by atoms with Gasteiger partial charge in [0.1, 0.15) is 11.6 Å². The lowest BCUT2D eigenvalue weighted by Gasteiger charge is -2.11. The highest BCUT2D eigenvalue weighted by molar-refractivity contribution is 5.67. The predicted octanol–water partition coefficient (Wildman–Crippen LogP) is 0.855. The van der Waals surface area contributed by atoms with E-state index in [1.54, 1.807) is 0 Å². The molecular formula is C11H17N3O3. The van der Waals surface area contributed by atoms with Crippen LogP contribution in [0.4, 0.5) is 5.82 Å². The van der Waals surface area contributed by atoms with Gasteiger partial charge in [0.25, 0.3) is 5.56 Å². The van der Waals surface area contributed by atoms with E-state index in [2.05, 4.69) is 15.3 Å². The summed E-state index contributed by atoms with van der Waals surface area (Å²) in [5.74, 6) is 0.264. The number of nitrogens with zero attached hydrogens (tertiary/aromatic N) is 1. The van der Waals surface area contributed by atoms with Crippen LogP contribution in [0.25, 0.3) is 0 Å². The van der Waals surface area contributed by atoms with Gasteiger partial charge in [0, 0.05) is 25.5 Å². The molecule has 0 aliphatic carbocycles. The monoisotopic (exact) mass is 239 g/mol. The Labute approximate surface area is 99.1 Å². The highest BCUT2D eigenvalue weighted by atomic mass is 16.4. The fraction of sp³-hybridized carbons (Fsp3) is 0.545. The Morgan fingerprint density at radius 1 is 1.65 bits per heavy atom. The molecule has 0 saturated heterocycles. The quantitative estimate of drug-likeness (QED) is 0.684. The highest BCUT2D eigenvalue weighted by Crippen LogP contribution is 2.05. The van der Waals surface area contributed by atoms with Gasteiger partial charge in [0.15, 0.2) is 0 Å². The smallest absolute Gasteiger partial charge is 0.303 e. The average Bonchev–Trinajstić information content (AvgIpc) is 2.24. The summed E-state index contributed by atoms with van der Waals surface area (Å²) < 4.78 is 0. The molecular weight excluding hydrogens is 222 g/mol. The molecule has 3 N–H and O–H groups in total. The van der Waals surface area contributed by atoms with Crippen molar-refractivity contribution in [3.05, 3.63) is 22.2 Å². The number of aryl methyl sites for hydroxylation is 1. The van der Waals surface area contributed by atoms with Crippen molar-refractivity contribution in [2.24, 2.45) is 5.92 Å². The molecule has 1 rings (SSSR count). The van der Waals surface area contributed by atoms with Crippen LogP contribution < -0.4 is 10.9 Å². The number of carboxylic acid groups (broad SMARTS) is 1. The molecule has 0 bridgehead atoms. The lowest BCUT2D eigenvalue weighted by molar-refractivity contribution is -0.137. The molecule has 17 heavy (non-hydrogen) atoms. The first kappa shape index (κ1) is 13.2. The molecule has 1 atom stereocenters. The summed E-state index contributed by atoms with van der Waals surface area (Å²) in [4.78, 5) is 28.5. The minimum absolute atomic E-state index is 0.0151. The number of nitrogens with one attached hydrogen (secondary N) is 2. The molecule has 1 heterocycles. The van der Waals surface area contributed by atoms with Crippen molar-refractivity contribution in [1.82, 2.24) is 9.97 Å². The van der Waals surface area contributed by atoms with Crippen LogP contribution >= 0.6 is 0 Å². The van der Waals surface area contributed by atoms with Crippen LogP contribution in [-0.2, 0) is 11.2 Å². The van der Waals surface area contributed by atoms with Gasteiger partial charge in [-0.2, -0.15) is 0 Å². The van der Waals surface area contributed by atoms with E-state index >= 15 is 0 Å². The van der Waals surface area contributed by atoms with Gasteiger partial charge in [-0.15, -0.1) is 0 Å². The maximum Gasteiger partial charge on any atom is 0.303 e. The molecule has 0 fully saturated rings. The molecule has 1 unspecified atom stereocenters. The molecule has 6 nitrogen and oxygen atoms in total. The molecule has 0 saturated carbocycles. The molecule has 0 radical (unpaired) electrons. The molecule has 1 aromatic rings. The Morgan fingerprint density at radius 2 is 2.35 bits per heavy atom. The summed E-state index contributed by atoms with van der Waals surface area (Å²) in [6.07, 6.45) is 0.742. The first-order valence-electron chi connectivity index (χ1n) is 5.57. The van der Waals surface area contributed by atoms with E-state index in [0.717, 1.165) is 0 Å². The Kier molecular flexibility index (Phi) is 4.68. The van der Waals surface area contributed by atoms with Crippen LogP contribution in [-0.4, -0.2) is 27.6 Å². The van der Waals surface area contributed by atoms with Gasteiger partial charge in [0.05, 0.1) is 0 Å². The number of aromatic amines is 1. The standard InChI is InChI=1S/C11H17N3O3/c1-3-8-13-9(5-10(15)14-8)12-6-7(2)4-11(16)17/h5,7H,3-4,6H2,1-2H3,(H,16,17)(H2,12,13,14,15). The third kappa shape index (κ3) is 4.67. The number of aromatic nitrogens is 2. The average molecular weight is 239 g/mol. The number of carboxylic acids is 1. The van der Waals surface area contributed by atoms with Crippen LogP contribution in [0.5, 0.6) is 0 Å². The van der Waals surface area contributed by atoms with E-state index in [-0.39, 0.29) is 17.9 Å². The van der Waals surface area contributed by atoms with Gasteiger partial charge in [-0.1, -0.05) is 13.8 Å². The first-order chi connectivity index (χ1) is 8.01. The summed E-state index contributed by atoms with van der Waals surface area (Å²) in [6.45, 7) is 4.20. The minimum atomic E-state index is -0.826. The lowest BCUT2D eigenvalue weighted by atomic mass is 10.1. The van der Waals surface area contributed by atoms with Crippen LogP contribution in [0.3, 0.4) is 0 Å². The number of rotatable bonds is 6. The molecule has 0 spiro atoms. The Hall–Kier alpha value is -1.85. The zero-order valence-electron chi connectivity index (χ0n) is 9.99. The van der Waals surface area contributed by atoms with Crippen LogP contribution in [0.1, 0.15) is 26.1 Å². The number of aliphatic carboxylic acids is 1. The third-order valence-electron chi connectivity index (χ3n) is 2.28. The number of carbonyl (C=O) groups is 1. The number of hydrogen-bond donors (Lipinski definition) is 3.